The maximum absolute atomic E-state index is 13.4. The predicted octanol–water partition coefficient (Wildman–Crippen LogP) is 6.33. The van der Waals surface area contributed by atoms with E-state index in [0.717, 1.165) is 27.8 Å². The average molecular weight is 746 g/mol. The lowest BCUT2D eigenvalue weighted by atomic mass is 9.98. The SMILES string of the molecule is C=CCOC(=O)N[C@H](CO)CN(CCCC[C@H](NC(=O)OCC1c2ccccc2-c2ccccc21)C(=O)OCc1ccc(OC)cc1)C(=O)OC(C)(C)C. The van der Waals surface area contributed by atoms with E-state index in [4.69, 9.17) is 23.7 Å². The van der Waals surface area contributed by atoms with Crippen molar-refractivity contribution in [1.29, 1.82) is 0 Å². The summed E-state index contributed by atoms with van der Waals surface area (Å²) >= 11 is 0. The van der Waals surface area contributed by atoms with E-state index in [1.807, 2.05) is 48.5 Å². The molecule has 1 aliphatic carbocycles. The number of rotatable bonds is 18. The van der Waals surface area contributed by atoms with Gasteiger partial charge >= 0.3 is 24.2 Å². The molecule has 0 heterocycles. The van der Waals surface area contributed by atoms with E-state index in [2.05, 4.69) is 17.2 Å². The third kappa shape index (κ3) is 12.3. The van der Waals surface area contributed by atoms with E-state index in [-0.39, 0.29) is 45.2 Å². The molecule has 0 fully saturated rings. The van der Waals surface area contributed by atoms with Gasteiger partial charge in [-0.15, -0.1) is 0 Å². The van der Waals surface area contributed by atoms with Crippen LogP contribution in [0.2, 0.25) is 0 Å². The molecule has 0 unspecified atom stereocenters. The second-order valence-electron chi connectivity index (χ2n) is 13.8. The largest absolute Gasteiger partial charge is 0.497 e. The van der Waals surface area contributed by atoms with E-state index in [9.17, 15) is 24.3 Å². The van der Waals surface area contributed by atoms with Crippen molar-refractivity contribution in [1.82, 2.24) is 15.5 Å². The second kappa shape index (κ2) is 20.0. The van der Waals surface area contributed by atoms with Gasteiger partial charge in [0.2, 0.25) is 0 Å². The Hall–Kier alpha value is -5.56. The van der Waals surface area contributed by atoms with Gasteiger partial charge in [0.1, 0.15) is 37.2 Å². The van der Waals surface area contributed by atoms with Crippen LogP contribution in [-0.2, 0) is 30.3 Å². The molecule has 290 valence electrons. The lowest BCUT2D eigenvalue weighted by molar-refractivity contribution is -0.147. The molecule has 2 atom stereocenters. The minimum absolute atomic E-state index is 0.0203. The fourth-order valence-corrected chi connectivity index (χ4v) is 6.00. The van der Waals surface area contributed by atoms with Crippen LogP contribution >= 0.6 is 0 Å². The van der Waals surface area contributed by atoms with Crippen molar-refractivity contribution in [3.05, 3.63) is 102 Å². The molecule has 3 aromatic rings. The van der Waals surface area contributed by atoms with Gasteiger partial charge in [-0.2, -0.15) is 0 Å². The van der Waals surface area contributed by atoms with Gasteiger partial charge in [-0.1, -0.05) is 73.3 Å². The zero-order chi connectivity index (χ0) is 39.1. The first-order valence-corrected chi connectivity index (χ1v) is 18.0. The molecule has 13 nitrogen and oxygen atoms in total. The summed E-state index contributed by atoms with van der Waals surface area (Å²) in [5.74, 6) is -0.150. The summed E-state index contributed by atoms with van der Waals surface area (Å²) in [5, 5.41) is 15.2. The van der Waals surface area contributed by atoms with Crippen LogP contribution in [0, 0.1) is 0 Å². The van der Waals surface area contributed by atoms with Gasteiger partial charge < -0.3 is 44.3 Å². The Kier molecular flexibility index (Phi) is 15.3. The molecule has 4 rings (SSSR count). The van der Waals surface area contributed by atoms with Crippen molar-refractivity contribution in [2.45, 2.75) is 70.2 Å². The Morgan fingerprint density at radius 2 is 1.50 bits per heavy atom. The number of fused-ring (bicyclic) bond motifs is 3. The van der Waals surface area contributed by atoms with E-state index in [1.165, 1.54) is 11.0 Å². The van der Waals surface area contributed by atoms with Crippen molar-refractivity contribution in [3.8, 4) is 16.9 Å². The number of carbonyl (C=O) groups is 4. The number of nitrogens with zero attached hydrogens (tertiary/aromatic N) is 1. The van der Waals surface area contributed by atoms with Crippen LogP contribution in [0.3, 0.4) is 0 Å². The van der Waals surface area contributed by atoms with Crippen molar-refractivity contribution in [2.75, 3.05) is 40.0 Å². The number of unbranched alkanes of at least 4 members (excludes halogenated alkanes) is 1. The molecule has 0 radical (unpaired) electrons. The van der Waals surface area contributed by atoms with E-state index < -0.39 is 48.5 Å². The number of ether oxygens (including phenoxy) is 5. The van der Waals surface area contributed by atoms with E-state index >= 15 is 0 Å². The molecule has 0 aliphatic heterocycles. The molecule has 3 aromatic carbocycles. The Morgan fingerprint density at radius 1 is 0.870 bits per heavy atom. The number of amides is 3. The number of carbonyl (C=O) groups excluding carboxylic acids is 4. The number of hydrogen-bond donors (Lipinski definition) is 3. The number of methoxy groups -OCH3 is 1. The topological polar surface area (TPSA) is 162 Å². The Bertz CT molecular complexity index is 1680. The van der Waals surface area contributed by atoms with Gasteiger partial charge in [0, 0.05) is 19.0 Å². The molecule has 1 aliphatic rings. The third-order valence-corrected chi connectivity index (χ3v) is 8.60. The predicted molar refractivity (Wildman–Crippen MR) is 202 cm³/mol. The standard InChI is InChI=1S/C41H51N3O10/c1-6-23-51-38(47)42-29(25-45)24-44(40(49)54-41(2,3)4)22-12-11-17-36(37(46)52-26-28-18-20-30(50-5)21-19-28)43-39(48)53-27-35-33-15-9-7-13-31(33)32-14-8-10-16-34(32)35/h6-10,13-16,18-21,29,35-36,45H,1,11-12,17,22-27H2,2-5H3,(H,42,47)(H,43,48)/t29-,36-/m0/s1. The van der Waals surface area contributed by atoms with Crippen molar-refractivity contribution < 1.29 is 48.0 Å². The number of esters is 1. The van der Waals surface area contributed by atoms with Gasteiger partial charge in [0.15, 0.2) is 0 Å². The number of alkyl carbamates (subject to hydrolysis) is 2. The number of hydrogen-bond acceptors (Lipinski definition) is 10. The van der Waals surface area contributed by atoms with Crippen LogP contribution in [0.15, 0.2) is 85.5 Å². The van der Waals surface area contributed by atoms with Crippen LogP contribution in [0.1, 0.15) is 62.6 Å². The highest BCUT2D eigenvalue weighted by molar-refractivity contribution is 5.82. The maximum atomic E-state index is 13.4. The summed E-state index contributed by atoms with van der Waals surface area (Å²) < 4.78 is 27.1. The van der Waals surface area contributed by atoms with Crippen molar-refractivity contribution in [3.63, 3.8) is 0 Å². The molecule has 0 saturated heterocycles. The third-order valence-electron chi connectivity index (χ3n) is 8.60. The monoisotopic (exact) mass is 745 g/mol. The summed E-state index contributed by atoms with van der Waals surface area (Å²) in [5.41, 5.74) is 4.24. The number of benzene rings is 3. The van der Waals surface area contributed by atoms with Crippen LogP contribution in [0.5, 0.6) is 5.75 Å². The quantitative estimate of drug-likeness (QED) is 0.0581. The summed E-state index contributed by atoms with van der Waals surface area (Å²) in [4.78, 5) is 53.3. The molecule has 0 saturated carbocycles. The van der Waals surface area contributed by atoms with Crippen LogP contribution in [0.25, 0.3) is 11.1 Å². The molecule has 0 aromatic heterocycles. The molecule has 0 spiro atoms. The van der Waals surface area contributed by atoms with E-state index in [0.29, 0.717) is 18.6 Å². The lowest BCUT2D eigenvalue weighted by Crippen LogP contribution is -2.49. The molecule has 0 bridgehead atoms. The zero-order valence-corrected chi connectivity index (χ0v) is 31.4. The van der Waals surface area contributed by atoms with Crippen LogP contribution in [0.4, 0.5) is 14.4 Å². The normalized spacial score (nSPS) is 13.0. The number of nitrogens with one attached hydrogen (secondary N) is 2. The number of aliphatic hydroxyl groups is 1. The highest BCUT2D eigenvalue weighted by Gasteiger charge is 2.31. The Morgan fingerprint density at radius 3 is 2.09 bits per heavy atom. The van der Waals surface area contributed by atoms with Gasteiger partial charge in [0.05, 0.1) is 19.8 Å². The summed E-state index contributed by atoms with van der Waals surface area (Å²) in [6.45, 7) is 8.34. The first kappa shape index (κ1) is 41.2. The molecule has 13 heteroatoms. The lowest BCUT2D eigenvalue weighted by Gasteiger charge is -2.30. The molecular weight excluding hydrogens is 694 g/mol. The molecule has 54 heavy (non-hydrogen) atoms. The zero-order valence-electron chi connectivity index (χ0n) is 31.4. The van der Waals surface area contributed by atoms with Gasteiger partial charge in [-0.05, 0) is 80.0 Å². The van der Waals surface area contributed by atoms with Gasteiger partial charge in [-0.25, -0.2) is 19.2 Å². The highest BCUT2D eigenvalue weighted by atomic mass is 16.6. The fourth-order valence-electron chi connectivity index (χ4n) is 6.00. The van der Waals surface area contributed by atoms with Gasteiger partial charge in [-0.3, -0.25) is 0 Å². The minimum Gasteiger partial charge on any atom is -0.497 e. The van der Waals surface area contributed by atoms with Crippen molar-refractivity contribution >= 4 is 24.2 Å². The first-order chi connectivity index (χ1) is 25.9. The molecule has 3 amide bonds. The fraction of sp³-hybridized carbons (Fsp3) is 0.415. The van der Waals surface area contributed by atoms with Crippen LogP contribution in [-0.4, -0.2) is 92.0 Å². The smallest absolute Gasteiger partial charge is 0.410 e. The molecule has 3 N–H and O–H groups in total. The van der Waals surface area contributed by atoms with Crippen LogP contribution < -0.4 is 15.4 Å². The Labute approximate surface area is 316 Å². The summed E-state index contributed by atoms with van der Waals surface area (Å²) in [6.07, 6.45) is 0.159. The second-order valence-corrected chi connectivity index (χ2v) is 13.8. The average Bonchev–Trinajstić information content (AvgIpc) is 3.48. The summed E-state index contributed by atoms with van der Waals surface area (Å²) in [7, 11) is 1.56. The molecular formula is C41H51N3O10. The van der Waals surface area contributed by atoms with E-state index in [1.54, 1.807) is 52.1 Å². The van der Waals surface area contributed by atoms with Gasteiger partial charge in [0.25, 0.3) is 0 Å². The first-order valence-electron chi connectivity index (χ1n) is 18.0. The summed E-state index contributed by atoms with van der Waals surface area (Å²) in [6, 6.07) is 21.2. The maximum Gasteiger partial charge on any atom is 0.410 e. The minimum atomic E-state index is -1.06. The number of aliphatic hydroxyl groups excluding tert-OH is 1. The highest BCUT2D eigenvalue weighted by Crippen LogP contribution is 2.44. The van der Waals surface area contributed by atoms with Crippen molar-refractivity contribution in [2.24, 2.45) is 0 Å². The Balaban J connectivity index is 1.41.